The van der Waals surface area contributed by atoms with E-state index in [9.17, 15) is 9.59 Å². The maximum atomic E-state index is 12.4. The summed E-state index contributed by atoms with van der Waals surface area (Å²) in [5.41, 5.74) is 1.20. The van der Waals surface area contributed by atoms with Crippen LogP contribution in [0.25, 0.3) is 0 Å². The molecule has 0 bridgehead atoms. The lowest BCUT2D eigenvalue weighted by atomic mass is 9.85. The van der Waals surface area contributed by atoms with Gasteiger partial charge < -0.3 is 15.4 Å². The number of nitrogens with one attached hydrogen (secondary N) is 2. The summed E-state index contributed by atoms with van der Waals surface area (Å²) in [5.74, 6) is 0.320. The quantitative estimate of drug-likeness (QED) is 0.838. The number of benzene rings is 1. The summed E-state index contributed by atoms with van der Waals surface area (Å²) in [6, 6.07) is 7.24. The zero-order valence-electron chi connectivity index (χ0n) is 13.5. The molecule has 3 rings (SSSR count). The fourth-order valence-corrected chi connectivity index (χ4v) is 3.65. The van der Waals surface area contributed by atoms with Crippen LogP contribution in [-0.4, -0.2) is 30.6 Å². The van der Waals surface area contributed by atoms with Gasteiger partial charge in [0.15, 0.2) is 0 Å². The summed E-state index contributed by atoms with van der Waals surface area (Å²) in [4.78, 5) is 24.0. The Morgan fingerprint density at radius 1 is 1.22 bits per heavy atom. The summed E-state index contributed by atoms with van der Waals surface area (Å²) in [6.45, 7) is 2.13. The minimum absolute atomic E-state index is 0.0169. The van der Waals surface area contributed by atoms with Crippen LogP contribution in [0, 0.1) is 5.92 Å². The minimum atomic E-state index is -0.341. The van der Waals surface area contributed by atoms with E-state index in [1.54, 1.807) is 31.2 Å². The maximum Gasteiger partial charge on any atom is 0.338 e. The van der Waals surface area contributed by atoms with E-state index < -0.39 is 0 Å². The van der Waals surface area contributed by atoms with E-state index in [0.717, 1.165) is 6.42 Å². The second-order valence-electron chi connectivity index (χ2n) is 6.39. The van der Waals surface area contributed by atoms with Gasteiger partial charge in [-0.1, -0.05) is 12.8 Å². The van der Waals surface area contributed by atoms with Gasteiger partial charge in [0.05, 0.1) is 18.2 Å². The van der Waals surface area contributed by atoms with Crippen LogP contribution in [0.3, 0.4) is 0 Å². The first-order valence-corrected chi connectivity index (χ1v) is 8.51. The van der Waals surface area contributed by atoms with Gasteiger partial charge in [-0.15, -0.1) is 0 Å². The highest BCUT2D eigenvalue weighted by Crippen LogP contribution is 2.33. The zero-order chi connectivity index (χ0) is 16.2. The third kappa shape index (κ3) is 3.72. The standard InChI is InChI=1S/C18H24N2O3/c1-2-23-18(22)12-7-9-14(10-8-12)19-17(21)16-11-13-5-3-4-6-15(13)20-16/h7-10,13,15-16,20H,2-6,11H2,1H3,(H,19,21). The summed E-state index contributed by atoms with van der Waals surface area (Å²) in [6.07, 6.45) is 5.89. The van der Waals surface area contributed by atoms with Crippen molar-refractivity contribution in [1.29, 1.82) is 0 Å². The van der Waals surface area contributed by atoms with Crippen LogP contribution in [0.5, 0.6) is 0 Å². The number of carbonyl (C=O) groups is 2. The number of amides is 1. The molecule has 23 heavy (non-hydrogen) atoms. The smallest absolute Gasteiger partial charge is 0.338 e. The van der Waals surface area contributed by atoms with Gasteiger partial charge in [0.25, 0.3) is 0 Å². The number of fused-ring (bicyclic) bond motifs is 1. The van der Waals surface area contributed by atoms with E-state index >= 15 is 0 Å². The molecule has 1 amide bonds. The molecule has 0 radical (unpaired) electrons. The first-order valence-electron chi connectivity index (χ1n) is 8.51. The molecule has 0 spiro atoms. The van der Waals surface area contributed by atoms with Gasteiger partial charge in [-0.25, -0.2) is 4.79 Å². The average molecular weight is 316 g/mol. The second kappa shape index (κ2) is 7.13. The molecule has 2 N–H and O–H groups in total. The number of ether oxygens (including phenoxy) is 1. The van der Waals surface area contributed by atoms with Crippen LogP contribution in [0.1, 0.15) is 49.4 Å². The molecule has 1 aliphatic carbocycles. The van der Waals surface area contributed by atoms with E-state index in [1.807, 2.05) is 0 Å². The van der Waals surface area contributed by atoms with Crippen LogP contribution in [0.2, 0.25) is 0 Å². The molecule has 3 atom stereocenters. The number of esters is 1. The van der Waals surface area contributed by atoms with E-state index in [0.29, 0.717) is 29.8 Å². The highest BCUT2D eigenvalue weighted by atomic mass is 16.5. The number of rotatable bonds is 4. The maximum absolute atomic E-state index is 12.4. The molecule has 1 aromatic rings. The Morgan fingerprint density at radius 3 is 2.65 bits per heavy atom. The van der Waals surface area contributed by atoms with Crippen molar-refractivity contribution in [3.8, 4) is 0 Å². The SMILES string of the molecule is CCOC(=O)c1ccc(NC(=O)C2CC3CCCCC3N2)cc1. The molecule has 1 saturated heterocycles. The van der Waals surface area contributed by atoms with Gasteiger partial charge >= 0.3 is 5.97 Å². The first kappa shape index (κ1) is 16.0. The normalized spacial score (nSPS) is 26.4. The molecule has 1 aromatic carbocycles. The summed E-state index contributed by atoms with van der Waals surface area (Å²) in [5, 5.41) is 6.41. The molecule has 0 aromatic heterocycles. The lowest BCUT2D eigenvalue weighted by Crippen LogP contribution is -2.39. The van der Waals surface area contributed by atoms with Crippen molar-refractivity contribution in [2.45, 2.75) is 51.1 Å². The van der Waals surface area contributed by atoms with Crippen LogP contribution in [-0.2, 0) is 9.53 Å². The van der Waals surface area contributed by atoms with Crippen molar-refractivity contribution >= 4 is 17.6 Å². The molecule has 2 aliphatic rings. The molecule has 2 fully saturated rings. The Balaban J connectivity index is 1.56. The van der Waals surface area contributed by atoms with Crippen molar-refractivity contribution in [3.63, 3.8) is 0 Å². The van der Waals surface area contributed by atoms with Gasteiger partial charge in [0, 0.05) is 11.7 Å². The lowest BCUT2D eigenvalue weighted by molar-refractivity contribution is -0.117. The van der Waals surface area contributed by atoms with Gasteiger partial charge in [0.2, 0.25) is 5.91 Å². The third-order valence-corrected chi connectivity index (χ3v) is 4.84. The van der Waals surface area contributed by atoms with Crippen molar-refractivity contribution in [1.82, 2.24) is 5.32 Å². The van der Waals surface area contributed by atoms with Crippen LogP contribution in [0.15, 0.2) is 24.3 Å². The number of hydrogen-bond donors (Lipinski definition) is 2. The van der Waals surface area contributed by atoms with Gasteiger partial charge in [-0.3, -0.25) is 4.79 Å². The monoisotopic (exact) mass is 316 g/mol. The average Bonchev–Trinajstić information content (AvgIpc) is 3.00. The Labute approximate surface area is 136 Å². The predicted molar refractivity (Wildman–Crippen MR) is 88.3 cm³/mol. The summed E-state index contributed by atoms with van der Waals surface area (Å²) < 4.78 is 4.95. The van der Waals surface area contributed by atoms with Crippen molar-refractivity contribution < 1.29 is 14.3 Å². The lowest BCUT2D eigenvalue weighted by Gasteiger charge is -2.24. The van der Waals surface area contributed by atoms with Crippen LogP contribution >= 0.6 is 0 Å². The Morgan fingerprint density at radius 2 is 1.96 bits per heavy atom. The topological polar surface area (TPSA) is 67.4 Å². The minimum Gasteiger partial charge on any atom is -0.462 e. The van der Waals surface area contributed by atoms with Gasteiger partial charge in [0.1, 0.15) is 0 Å². The van der Waals surface area contributed by atoms with E-state index in [2.05, 4.69) is 10.6 Å². The van der Waals surface area contributed by atoms with Gasteiger partial charge in [-0.2, -0.15) is 0 Å². The molecule has 1 saturated carbocycles. The molecule has 124 valence electrons. The largest absolute Gasteiger partial charge is 0.462 e. The van der Waals surface area contributed by atoms with Crippen LogP contribution in [0.4, 0.5) is 5.69 Å². The number of hydrogen-bond acceptors (Lipinski definition) is 4. The molecular formula is C18H24N2O3. The highest BCUT2D eigenvalue weighted by molar-refractivity contribution is 5.96. The second-order valence-corrected chi connectivity index (χ2v) is 6.39. The van der Waals surface area contributed by atoms with Crippen molar-refractivity contribution in [3.05, 3.63) is 29.8 Å². The fraction of sp³-hybridized carbons (Fsp3) is 0.556. The molecule has 5 heteroatoms. The summed E-state index contributed by atoms with van der Waals surface area (Å²) in [7, 11) is 0. The van der Waals surface area contributed by atoms with E-state index in [-0.39, 0.29) is 17.9 Å². The highest BCUT2D eigenvalue weighted by Gasteiger charge is 2.38. The fourth-order valence-electron chi connectivity index (χ4n) is 3.65. The molecule has 3 unspecified atom stereocenters. The Kier molecular flexibility index (Phi) is 4.96. The van der Waals surface area contributed by atoms with Crippen molar-refractivity contribution in [2.24, 2.45) is 5.92 Å². The van der Waals surface area contributed by atoms with Crippen LogP contribution < -0.4 is 10.6 Å². The summed E-state index contributed by atoms with van der Waals surface area (Å²) >= 11 is 0. The third-order valence-electron chi connectivity index (χ3n) is 4.84. The molecule has 5 nitrogen and oxygen atoms in total. The predicted octanol–water partition coefficient (Wildman–Crippen LogP) is 2.72. The first-order chi connectivity index (χ1) is 11.2. The number of carbonyl (C=O) groups excluding carboxylic acids is 2. The molecule has 1 heterocycles. The number of anilines is 1. The van der Waals surface area contributed by atoms with Gasteiger partial charge in [-0.05, 0) is 56.4 Å². The zero-order valence-corrected chi connectivity index (χ0v) is 13.5. The van der Waals surface area contributed by atoms with Crippen molar-refractivity contribution in [2.75, 3.05) is 11.9 Å². The van der Waals surface area contributed by atoms with E-state index in [4.69, 9.17) is 4.74 Å². The Hall–Kier alpha value is -1.88. The Bertz CT molecular complexity index is 556. The molecular weight excluding hydrogens is 292 g/mol. The molecule has 1 aliphatic heterocycles. The van der Waals surface area contributed by atoms with E-state index in [1.165, 1.54) is 25.7 Å².